The standard InChI is InChI=1S/C19H31N3O3/c1-3-20-19(21-9-5-10-25-18-8-11-24-15-18)22-13-16-6-4-7-17(12-16)14-23-2/h4,6-7,12,18H,3,5,8-11,13-15H2,1-2H3,(H2,20,21,22). The summed E-state index contributed by atoms with van der Waals surface area (Å²) in [5.41, 5.74) is 2.34. The Labute approximate surface area is 151 Å². The number of benzene rings is 1. The molecule has 0 bridgehead atoms. The number of ether oxygens (including phenoxy) is 3. The smallest absolute Gasteiger partial charge is 0.191 e. The topological polar surface area (TPSA) is 64.1 Å². The van der Waals surface area contributed by atoms with Gasteiger partial charge in [0.2, 0.25) is 0 Å². The van der Waals surface area contributed by atoms with Gasteiger partial charge < -0.3 is 24.8 Å². The van der Waals surface area contributed by atoms with Gasteiger partial charge in [-0.25, -0.2) is 4.99 Å². The van der Waals surface area contributed by atoms with E-state index in [4.69, 9.17) is 14.2 Å². The van der Waals surface area contributed by atoms with Crippen molar-refractivity contribution in [3.05, 3.63) is 35.4 Å². The summed E-state index contributed by atoms with van der Waals surface area (Å²) < 4.78 is 16.3. The van der Waals surface area contributed by atoms with E-state index in [9.17, 15) is 0 Å². The minimum atomic E-state index is 0.279. The van der Waals surface area contributed by atoms with Crippen LogP contribution in [0, 0.1) is 0 Å². The van der Waals surface area contributed by atoms with Gasteiger partial charge in [0, 0.05) is 33.4 Å². The van der Waals surface area contributed by atoms with Crippen molar-refractivity contribution in [1.82, 2.24) is 10.6 Å². The van der Waals surface area contributed by atoms with E-state index >= 15 is 0 Å². The van der Waals surface area contributed by atoms with Crippen LogP contribution in [0.1, 0.15) is 30.9 Å². The lowest BCUT2D eigenvalue weighted by atomic mass is 10.1. The zero-order valence-corrected chi connectivity index (χ0v) is 15.4. The molecule has 1 fully saturated rings. The molecule has 0 amide bonds. The van der Waals surface area contributed by atoms with Gasteiger partial charge in [-0.3, -0.25) is 0 Å². The first-order valence-corrected chi connectivity index (χ1v) is 9.10. The Morgan fingerprint density at radius 3 is 2.96 bits per heavy atom. The fourth-order valence-corrected chi connectivity index (χ4v) is 2.67. The van der Waals surface area contributed by atoms with Gasteiger partial charge in [0.05, 0.1) is 25.9 Å². The van der Waals surface area contributed by atoms with E-state index < -0.39 is 0 Å². The number of nitrogens with one attached hydrogen (secondary N) is 2. The quantitative estimate of drug-likeness (QED) is 0.385. The zero-order chi connectivity index (χ0) is 17.7. The van der Waals surface area contributed by atoms with Crippen LogP contribution in [0.5, 0.6) is 0 Å². The molecule has 1 unspecified atom stereocenters. The minimum Gasteiger partial charge on any atom is -0.380 e. The van der Waals surface area contributed by atoms with Crippen LogP contribution in [0.15, 0.2) is 29.3 Å². The summed E-state index contributed by atoms with van der Waals surface area (Å²) in [6, 6.07) is 8.33. The van der Waals surface area contributed by atoms with Gasteiger partial charge in [-0.05, 0) is 30.9 Å². The number of methoxy groups -OCH3 is 1. The monoisotopic (exact) mass is 349 g/mol. The predicted octanol–water partition coefficient (Wildman–Crippen LogP) is 2.08. The lowest BCUT2D eigenvalue weighted by Crippen LogP contribution is -2.38. The second-order valence-corrected chi connectivity index (χ2v) is 6.08. The molecule has 1 aliphatic rings. The maximum Gasteiger partial charge on any atom is 0.191 e. The molecule has 2 rings (SSSR count). The molecule has 140 valence electrons. The average Bonchev–Trinajstić information content (AvgIpc) is 3.13. The molecule has 0 aromatic heterocycles. The Balaban J connectivity index is 1.72. The maximum absolute atomic E-state index is 5.77. The summed E-state index contributed by atoms with van der Waals surface area (Å²) >= 11 is 0. The van der Waals surface area contributed by atoms with Crippen molar-refractivity contribution in [2.24, 2.45) is 4.99 Å². The Morgan fingerprint density at radius 2 is 2.20 bits per heavy atom. The fourth-order valence-electron chi connectivity index (χ4n) is 2.67. The van der Waals surface area contributed by atoms with Crippen molar-refractivity contribution in [2.45, 2.75) is 39.0 Å². The van der Waals surface area contributed by atoms with E-state index in [0.717, 1.165) is 51.7 Å². The van der Waals surface area contributed by atoms with E-state index in [1.807, 2.05) is 6.07 Å². The molecule has 1 atom stereocenters. The number of rotatable bonds is 10. The summed E-state index contributed by atoms with van der Waals surface area (Å²) in [4.78, 5) is 4.65. The van der Waals surface area contributed by atoms with E-state index in [0.29, 0.717) is 13.2 Å². The molecular weight excluding hydrogens is 318 g/mol. The molecule has 1 aliphatic heterocycles. The van der Waals surface area contributed by atoms with Crippen molar-refractivity contribution >= 4 is 5.96 Å². The molecule has 1 heterocycles. The molecule has 0 spiro atoms. The van der Waals surface area contributed by atoms with E-state index in [1.54, 1.807) is 7.11 Å². The van der Waals surface area contributed by atoms with E-state index in [2.05, 4.69) is 40.7 Å². The van der Waals surface area contributed by atoms with Gasteiger partial charge in [-0.15, -0.1) is 0 Å². The normalized spacial score (nSPS) is 17.7. The van der Waals surface area contributed by atoms with Crippen LogP contribution in [0.4, 0.5) is 0 Å². The second-order valence-electron chi connectivity index (χ2n) is 6.08. The van der Waals surface area contributed by atoms with Crippen LogP contribution in [-0.2, 0) is 27.4 Å². The highest BCUT2D eigenvalue weighted by Crippen LogP contribution is 2.08. The number of hydrogen-bond acceptors (Lipinski definition) is 4. The van der Waals surface area contributed by atoms with Crippen LogP contribution in [0.25, 0.3) is 0 Å². The van der Waals surface area contributed by atoms with E-state index in [-0.39, 0.29) is 6.10 Å². The second kappa shape index (κ2) is 11.8. The number of hydrogen-bond donors (Lipinski definition) is 2. The van der Waals surface area contributed by atoms with Gasteiger partial charge in [0.1, 0.15) is 0 Å². The van der Waals surface area contributed by atoms with Crippen LogP contribution >= 0.6 is 0 Å². The first-order valence-electron chi connectivity index (χ1n) is 9.10. The molecule has 1 saturated heterocycles. The molecule has 6 heteroatoms. The van der Waals surface area contributed by atoms with Gasteiger partial charge in [-0.2, -0.15) is 0 Å². The van der Waals surface area contributed by atoms with Crippen molar-refractivity contribution < 1.29 is 14.2 Å². The highest BCUT2D eigenvalue weighted by atomic mass is 16.5. The Hall–Kier alpha value is -1.63. The summed E-state index contributed by atoms with van der Waals surface area (Å²) in [5.74, 6) is 0.837. The summed E-state index contributed by atoms with van der Waals surface area (Å²) in [7, 11) is 1.71. The van der Waals surface area contributed by atoms with E-state index in [1.165, 1.54) is 11.1 Å². The highest BCUT2D eigenvalue weighted by molar-refractivity contribution is 5.79. The van der Waals surface area contributed by atoms with Crippen LogP contribution in [0.3, 0.4) is 0 Å². The Morgan fingerprint density at radius 1 is 1.32 bits per heavy atom. The lowest BCUT2D eigenvalue weighted by Gasteiger charge is -2.13. The lowest BCUT2D eigenvalue weighted by molar-refractivity contribution is 0.0420. The van der Waals surface area contributed by atoms with Crippen molar-refractivity contribution in [2.75, 3.05) is 40.0 Å². The molecule has 1 aromatic carbocycles. The van der Waals surface area contributed by atoms with Crippen molar-refractivity contribution in [1.29, 1.82) is 0 Å². The predicted molar refractivity (Wildman–Crippen MR) is 99.8 cm³/mol. The molecule has 2 N–H and O–H groups in total. The van der Waals surface area contributed by atoms with Crippen LogP contribution in [-0.4, -0.2) is 52.1 Å². The number of guanidine groups is 1. The zero-order valence-electron chi connectivity index (χ0n) is 15.4. The van der Waals surface area contributed by atoms with Crippen molar-refractivity contribution in [3.8, 4) is 0 Å². The van der Waals surface area contributed by atoms with Gasteiger partial charge >= 0.3 is 0 Å². The summed E-state index contributed by atoms with van der Waals surface area (Å²) in [6.45, 7) is 7.32. The third kappa shape index (κ3) is 7.86. The maximum atomic E-state index is 5.77. The first-order chi connectivity index (χ1) is 12.3. The summed E-state index contributed by atoms with van der Waals surface area (Å²) in [6.07, 6.45) is 2.24. The minimum absolute atomic E-state index is 0.279. The largest absolute Gasteiger partial charge is 0.380 e. The molecule has 0 radical (unpaired) electrons. The molecule has 6 nitrogen and oxygen atoms in total. The molecular formula is C19H31N3O3. The van der Waals surface area contributed by atoms with Crippen molar-refractivity contribution in [3.63, 3.8) is 0 Å². The van der Waals surface area contributed by atoms with Gasteiger partial charge in [0.15, 0.2) is 5.96 Å². The molecule has 0 aliphatic carbocycles. The number of nitrogens with zero attached hydrogens (tertiary/aromatic N) is 1. The summed E-state index contributed by atoms with van der Waals surface area (Å²) in [5, 5.41) is 6.64. The van der Waals surface area contributed by atoms with Gasteiger partial charge in [-0.1, -0.05) is 24.3 Å². The van der Waals surface area contributed by atoms with Gasteiger partial charge in [0.25, 0.3) is 0 Å². The fraction of sp³-hybridized carbons (Fsp3) is 0.632. The first kappa shape index (κ1) is 19.7. The third-order valence-corrected chi connectivity index (χ3v) is 3.92. The Kier molecular flexibility index (Phi) is 9.33. The number of aliphatic imine (C=N–C) groups is 1. The van der Waals surface area contributed by atoms with Crippen LogP contribution in [0.2, 0.25) is 0 Å². The third-order valence-electron chi connectivity index (χ3n) is 3.92. The average molecular weight is 349 g/mol. The Bertz CT molecular complexity index is 516. The highest BCUT2D eigenvalue weighted by Gasteiger charge is 2.15. The van der Waals surface area contributed by atoms with Crippen LogP contribution < -0.4 is 10.6 Å². The molecule has 1 aromatic rings. The molecule has 0 saturated carbocycles. The molecule has 25 heavy (non-hydrogen) atoms. The SMILES string of the molecule is CCNC(=NCc1cccc(COC)c1)NCCCOC1CCOC1.